The van der Waals surface area contributed by atoms with E-state index in [2.05, 4.69) is 265 Å². The van der Waals surface area contributed by atoms with Crippen molar-refractivity contribution in [1.82, 2.24) is 0 Å². The van der Waals surface area contributed by atoms with Crippen LogP contribution in [0.25, 0.3) is 42.4 Å². The number of thiophene rings is 1. The molecule has 390 valence electrons. The molecule has 0 radical (unpaired) electrons. The van der Waals surface area contributed by atoms with Gasteiger partial charge in [0.2, 0.25) is 0 Å². The third kappa shape index (κ3) is 7.10. The highest BCUT2D eigenvalue weighted by Crippen LogP contribution is 2.63. The van der Waals surface area contributed by atoms with Gasteiger partial charge in [0.15, 0.2) is 0 Å². The fraction of sp³-hybridized carbons (Fsp3) is 0.270. The van der Waals surface area contributed by atoms with E-state index in [0.29, 0.717) is 0 Å². The van der Waals surface area contributed by atoms with Gasteiger partial charge < -0.3 is 14.7 Å². The van der Waals surface area contributed by atoms with Crippen LogP contribution in [0.1, 0.15) is 123 Å². The molecule has 5 aliphatic rings. The highest BCUT2D eigenvalue weighted by Gasteiger charge is 2.58. The van der Waals surface area contributed by atoms with Crippen LogP contribution >= 0.6 is 11.3 Å². The molecule has 0 saturated heterocycles. The normalized spacial score (nSPS) is 20.4. The summed E-state index contributed by atoms with van der Waals surface area (Å²) in [5, 5.41) is 2.64. The van der Waals surface area contributed by atoms with E-state index in [1.807, 2.05) is 11.3 Å². The molecule has 0 bridgehead atoms. The first kappa shape index (κ1) is 48.8. The number of hydrogen-bond acceptors (Lipinski definition) is 4. The fourth-order valence-corrected chi connectivity index (χ4v) is 16.7. The average molecular weight is 1040 g/mol. The van der Waals surface area contributed by atoms with E-state index in [9.17, 15) is 0 Å². The smallest absolute Gasteiger partial charge is 0.252 e. The van der Waals surface area contributed by atoms with Crippen molar-refractivity contribution in [1.29, 1.82) is 0 Å². The monoisotopic (exact) mass is 1040 g/mol. The predicted molar refractivity (Wildman–Crippen MR) is 341 cm³/mol. The second-order valence-corrected chi connectivity index (χ2v) is 27.7. The molecular formula is C74H70BN3S. The van der Waals surface area contributed by atoms with E-state index in [4.69, 9.17) is 0 Å². The van der Waals surface area contributed by atoms with Gasteiger partial charge in [-0.2, -0.15) is 0 Å². The van der Waals surface area contributed by atoms with Gasteiger partial charge in [-0.05, 0) is 164 Å². The second-order valence-electron chi connectivity index (χ2n) is 26.7. The van der Waals surface area contributed by atoms with E-state index in [1.54, 1.807) is 0 Å². The summed E-state index contributed by atoms with van der Waals surface area (Å²) in [5.41, 5.74) is 24.8. The van der Waals surface area contributed by atoms with Crippen molar-refractivity contribution in [3.05, 3.63) is 210 Å². The van der Waals surface area contributed by atoms with Gasteiger partial charge in [0.05, 0.1) is 15.9 Å². The molecule has 10 aromatic rings. The van der Waals surface area contributed by atoms with Crippen LogP contribution in [0.2, 0.25) is 0 Å². The minimum Gasteiger partial charge on any atom is -0.334 e. The number of nitrogens with zero attached hydrogens (tertiary/aromatic N) is 3. The Morgan fingerprint density at radius 2 is 1.03 bits per heavy atom. The van der Waals surface area contributed by atoms with Gasteiger partial charge in [0, 0.05) is 60.7 Å². The summed E-state index contributed by atoms with van der Waals surface area (Å²) < 4.78 is 2.65. The van der Waals surface area contributed by atoms with Crippen molar-refractivity contribution in [3.63, 3.8) is 0 Å². The maximum absolute atomic E-state index is 2.84. The first-order valence-electron chi connectivity index (χ1n) is 29.2. The molecule has 4 heterocycles. The van der Waals surface area contributed by atoms with Gasteiger partial charge >= 0.3 is 0 Å². The fourth-order valence-electron chi connectivity index (χ4n) is 15.5. The van der Waals surface area contributed by atoms with Gasteiger partial charge in [-0.1, -0.05) is 202 Å². The molecule has 1 aromatic heterocycles. The Balaban J connectivity index is 1.09. The first-order valence-corrected chi connectivity index (χ1v) is 30.0. The van der Waals surface area contributed by atoms with E-state index in [1.165, 1.54) is 140 Å². The lowest BCUT2D eigenvalue weighted by Crippen LogP contribution is -2.62. The topological polar surface area (TPSA) is 9.72 Å². The van der Waals surface area contributed by atoms with E-state index in [-0.39, 0.29) is 33.9 Å². The minimum atomic E-state index is -0.165. The summed E-state index contributed by atoms with van der Waals surface area (Å²) >= 11 is 1.94. The Morgan fingerprint density at radius 3 is 1.75 bits per heavy atom. The summed E-state index contributed by atoms with van der Waals surface area (Å²) in [7, 11) is 0. The van der Waals surface area contributed by atoms with Crippen molar-refractivity contribution in [2.45, 2.75) is 128 Å². The molecule has 2 unspecified atom stereocenters. The third-order valence-corrected chi connectivity index (χ3v) is 21.4. The van der Waals surface area contributed by atoms with E-state index in [0.717, 1.165) is 24.9 Å². The molecule has 3 aliphatic heterocycles. The second kappa shape index (κ2) is 17.1. The van der Waals surface area contributed by atoms with Gasteiger partial charge in [-0.25, -0.2) is 0 Å². The summed E-state index contributed by atoms with van der Waals surface area (Å²) in [4.78, 5) is 8.25. The molecule has 15 rings (SSSR count). The van der Waals surface area contributed by atoms with Gasteiger partial charge in [0.1, 0.15) is 0 Å². The van der Waals surface area contributed by atoms with E-state index >= 15 is 0 Å². The van der Waals surface area contributed by atoms with Gasteiger partial charge in [-0.15, -0.1) is 11.3 Å². The molecule has 2 aliphatic carbocycles. The number of hydrogen-bond donors (Lipinski definition) is 0. The van der Waals surface area contributed by atoms with Crippen LogP contribution in [0.3, 0.4) is 0 Å². The van der Waals surface area contributed by atoms with Gasteiger partial charge in [-0.3, -0.25) is 0 Å². The largest absolute Gasteiger partial charge is 0.334 e. The number of anilines is 8. The number of rotatable bonds is 5. The van der Waals surface area contributed by atoms with Crippen molar-refractivity contribution in [2.24, 2.45) is 0 Å². The Labute approximate surface area is 472 Å². The molecule has 5 heteroatoms. The van der Waals surface area contributed by atoms with Crippen molar-refractivity contribution in [3.8, 4) is 22.3 Å². The molecule has 1 saturated carbocycles. The van der Waals surface area contributed by atoms with E-state index < -0.39 is 0 Å². The first-order chi connectivity index (χ1) is 38.0. The quantitative estimate of drug-likeness (QED) is 0.159. The molecular weight excluding hydrogens is 974 g/mol. The minimum absolute atomic E-state index is 0.00131. The van der Waals surface area contributed by atoms with Crippen LogP contribution < -0.4 is 31.1 Å². The van der Waals surface area contributed by atoms with Crippen LogP contribution in [0.15, 0.2) is 188 Å². The molecule has 9 aromatic carbocycles. The highest BCUT2D eigenvalue weighted by atomic mass is 32.1. The van der Waals surface area contributed by atoms with Crippen molar-refractivity contribution >= 4 is 100 Å². The SMILES string of the molecule is CC(C)(C)c1ccc2c(c1)C1(C)CCCCC1(C)N2c1cc2c3c(c1)N(c1cccc4c1sc1ccccc14)c1cc4c(cc1B3c1cc(-c3ccccc3)ccc1N2c1ccc(-c2ccccc2)cc1)C(C)(C)CCC4(C)C. The lowest BCUT2D eigenvalue weighted by molar-refractivity contribution is 0.195. The Morgan fingerprint density at radius 1 is 0.430 bits per heavy atom. The lowest BCUT2D eigenvalue weighted by Gasteiger charge is -2.51. The zero-order chi connectivity index (χ0) is 54.0. The zero-order valence-corrected chi connectivity index (χ0v) is 48.3. The van der Waals surface area contributed by atoms with Crippen LogP contribution in [0.4, 0.5) is 45.5 Å². The molecule has 79 heavy (non-hydrogen) atoms. The molecule has 0 N–H and O–H groups in total. The maximum Gasteiger partial charge on any atom is 0.252 e. The average Bonchev–Trinajstić information content (AvgIpc) is 2.78. The maximum atomic E-state index is 2.84. The molecule has 1 fully saturated rings. The summed E-state index contributed by atoms with van der Waals surface area (Å²) in [5.74, 6) is 0. The summed E-state index contributed by atoms with van der Waals surface area (Å²) in [6.07, 6.45) is 7.05. The van der Waals surface area contributed by atoms with Crippen LogP contribution in [0.5, 0.6) is 0 Å². The lowest BCUT2D eigenvalue weighted by atomic mass is 9.33. The molecule has 3 nitrogen and oxygen atoms in total. The predicted octanol–water partition coefficient (Wildman–Crippen LogP) is 18.9. The number of benzene rings is 9. The molecule has 0 spiro atoms. The molecule has 2 atom stereocenters. The van der Waals surface area contributed by atoms with Crippen LogP contribution in [0, 0.1) is 0 Å². The molecule has 0 amide bonds. The third-order valence-electron chi connectivity index (χ3n) is 20.2. The van der Waals surface area contributed by atoms with Crippen molar-refractivity contribution in [2.75, 3.05) is 14.7 Å². The Kier molecular flexibility index (Phi) is 10.5. The Bertz CT molecular complexity index is 4130. The van der Waals surface area contributed by atoms with Crippen LogP contribution in [-0.4, -0.2) is 12.3 Å². The number of fused-ring (bicyclic) bond motifs is 11. The van der Waals surface area contributed by atoms with Crippen molar-refractivity contribution < 1.29 is 0 Å². The summed E-state index contributed by atoms with van der Waals surface area (Å²) in [6, 6.07) is 73.1. The highest BCUT2D eigenvalue weighted by molar-refractivity contribution is 7.26. The Hall–Kier alpha value is -7.34. The summed E-state index contributed by atoms with van der Waals surface area (Å²) in [6.45, 7) is 22.3. The van der Waals surface area contributed by atoms with Gasteiger partial charge in [0.25, 0.3) is 6.71 Å². The van der Waals surface area contributed by atoms with Crippen LogP contribution in [-0.2, 0) is 21.7 Å². The standard InChI is InChI=1S/C74H70BN3S/c1-70(2,3)51-32-36-61-58(42-51)73(8)37-18-19-38-74(73,9)78(61)53-43-65-68-66(44-53)77(63-27-20-26-55-54-25-16-17-28-67(54)79-69(55)63)64-46-57-56(71(4,5)39-40-72(57,6)7)45-60(64)75(68)59-41-50(48-23-14-11-15-24-48)31-35-62(59)76(65)52-33-29-49(30-34-52)47-21-12-10-13-22-47/h10-17,20-36,41-46H,18-19,37-40H2,1-9H3. The zero-order valence-electron chi connectivity index (χ0n) is 47.5.